The van der Waals surface area contributed by atoms with E-state index in [9.17, 15) is 9.90 Å². The van der Waals surface area contributed by atoms with Gasteiger partial charge >= 0.3 is 0 Å². The number of nitrogens with zero attached hydrogens (tertiary/aromatic N) is 3. The fourth-order valence-corrected chi connectivity index (χ4v) is 3.97. The van der Waals surface area contributed by atoms with Crippen molar-refractivity contribution in [3.63, 3.8) is 0 Å². The molecular weight excluding hydrogens is 362 g/mol. The second-order valence-corrected chi connectivity index (χ2v) is 7.62. The van der Waals surface area contributed by atoms with Gasteiger partial charge in [0.05, 0.1) is 5.69 Å². The van der Waals surface area contributed by atoms with E-state index >= 15 is 0 Å². The average molecular weight is 387 g/mol. The Morgan fingerprint density at radius 1 is 1.00 bits per heavy atom. The van der Waals surface area contributed by atoms with E-state index in [1.165, 1.54) is 16.8 Å². The van der Waals surface area contributed by atoms with Gasteiger partial charge in [0.25, 0.3) is 0 Å². The molecular formula is C24H25N3O2. The Kier molecular flexibility index (Phi) is 5.56. The number of aldehydes is 1. The summed E-state index contributed by atoms with van der Waals surface area (Å²) in [4.78, 5) is 22.1. The number of hydrogen-bond acceptors (Lipinski definition) is 5. The minimum absolute atomic E-state index is 0.0865. The first-order chi connectivity index (χ1) is 14.1. The maximum Gasteiger partial charge on any atom is 0.172 e. The number of aromatic nitrogens is 2. The van der Waals surface area contributed by atoms with Gasteiger partial charge in [-0.2, -0.15) is 0 Å². The van der Waals surface area contributed by atoms with Gasteiger partial charge in [0, 0.05) is 25.2 Å². The first-order valence-electron chi connectivity index (χ1n) is 10.1. The van der Waals surface area contributed by atoms with Gasteiger partial charge in [0.2, 0.25) is 0 Å². The van der Waals surface area contributed by atoms with Gasteiger partial charge in [0.15, 0.2) is 12.0 Å². The van der Waals surface area contributed by atoms with Gasteiger partial charge in [-0.25, -0.2) is 9.97 Å². The molecule has 5 nitrogen and oxygen atoms in total. The van der Waals surface area contributed by atoms with E-state index in [0.717, 1.165) is 32.4 Å². The molecule has 29 heavy (non-hydrogen) atoms. The third-order valence-electron chi connectivity index (χ3n) is 5.67. The van der Waals surface area contributed by atoms with Gasteiger partial charge < -0.3 is 10.0 Å². The number of anilines is 1. The molecule has 0 unspecified atom stereocenters. The third kappa shape index (κ3) is 4.29. The van der Waals surface area contributed by atoms with Gasteiger partial charge in [-0.15, -0.1) is 0 Å². The van der Waals surface area contributed by atoms with Crippen LogP contribution in [0.1, 0.15) is 34.8 Å². The highest BCUT2D eigenvalue weighted by atomic mass is 16.3. The van der Waals surface area contributed by atoms with Gasteiger partial charge in [-0.3, -0.25) is 4.79 Å². The lowest BCUT2D eigenvalue weighted by atomic mass is 9.92. The van der Waals surface area contributed by atoms with Crippen LogP contribution in [0.15, 0.2) is 54.6 Å². The normalized spacial score (nSPS) is 14.7. The number of carbonyl (C=O) groups excluding carboxylic acids is 1. The molecule has 2 heterocycles. The van der Waals surface area contributed by atoms with Crippen LogP contribution < -0.4 is 4.90 Å². The molecule has 0 aliphatic carbocycles. The molecule has 0 saturated carbocycles. The van der Waals surface area contributed by atoms with Crippen LogP contribution in [0.3, 0.4) is 0 Å². The summed E-state index contributed by atoms with van der Waals surface area (Å²) in [5, 5.41) is 9.82. The number of benzene rings is 2. The molecule has 1 fully saturated rings. The van der Waals surface area contributed by atoms with E-state index in [-0.39, 0.29) is 11.4 Å². The molecule has 0 spiro atoms. The Bertz CT molecular complexity index is 979. The summed E-state index contributed by atoms with van der Waals surface area (Å²) in [7, 11) is 0. The maximum atomic E-state index is 11.1. The number of carbonyl (C=O) groups is 1. The number of aryl methyl sites for hydroxylation is 1. The summed E-state index contributed by atoms with van der Waals surface area (Å²) in [5.41, 5.74) is 4.27. The van der Waals surface area contributed by atoms with Crippen LogP contribution >= 0.6 is 0 Å². The van der Waals surface area contributed by atoms with Crippen molar-refractivity contribution >= 4 is 12.0 Å². The van der Waals surface area contributed by atoms with Crippen molar-refractivity contribution in [3.05, 3.63) is 71.8 Å². The summed E-state index contributed by atoms with van der Waals surface area (Å²) >= 11 is 0. The second-order valence-electron chi connectivity index (χ2n) is 7.62. The molecule has 1 aliphatic rings. The lowest BCUT2D eigenvalue weighted by Crippen LogP contribution is -2.34. The van der Waals surface area contributed by atoms with Crippen LogP contribution in [-0.2, 0) is 6.42 Å². The highest BCUT2D eigenvalue weighted by Gasteiger charge is 2.21. The Morgan fingerprint density at radius 2 is 1.66 bits per heavy atom. The molecule has 1 aliphatic heterocycles. The number of aromatic hydroxyl groups is 1. The zero-order chi connectivity index (χ0) is 20.2. The minimum atomic E-state index is -0.113. The molecule has 0 atom stereocenters. The topological polar surface area (TPSA) is 66.3 Å². The summed E-state index contributed by atoms with van der Waals surface area (Å²) in [5.74, 6) is 1.02. The lowest BCUT2D eigenvalue weighted by molar-refractivity contribution is 0.111. The molecule has 5 heteroatoms. The van der Waals surface area contributed by atoms with Crippen LogP contribution in [-0.4, -0.2) is 34.5 Å². The molecule has 0 amide bonds. The van der Waals surface area contributed by atoms with Crippen molar-refractivity contribution in [3.8, 4) is 16.9 Å². The SMILES string of the molecule is Cc1nc(CC2CCN(c3ccc(-c4ccccc4)cc3)CC2)nc(C=O)c1O. The number of hydrogen-bond donors (Lipinski definition) is 1. The van der Waals surface area contributed by atoms with Crippen molar-refractivity contribution in [2.75, 3.05) is 18.0 Å². The summed E-state index contributed by atoms with van der Waals surface area (Å²) < 4.78 is 0. The summed E-state index contributed by atoms with van der Waals surface area (Å²) in [6, 6.07) is 19.2. The van der Waals surface area contributed by atoms with Crippen molar-refractivity contribution in [2.45, 2.75) is 26.2 Å². The van der Waals surface area contributed by atoms with Gasteiger partial charge in [0.1, 0.15) is 11.5 Å². The Morgan fingerprint density at radius 3 is 2.31 bits per heavy atom. The highest BCUT2D eigenvalue weighted by molar-refractivity contribution is 5.76. The van der Waals surface area contributed by atoms with Crippen LogP contribution in [0, 0.1) is 12.8 Å². The zero-order valence-corrected chi connectivity index (χ0v) is 16.6. The maximum absolute atomic E-state index is 11.1. The van der Waals surface area contributed by atoms with E-state index < -0.39 is 0 Å². The fraction of sp³-hybridized carbons (Fsp3) is 0.292. The molecule has 0 radical (unpaired) electrons. The molecule has 2 aromatic carbocycles. The van der Waals surface area contributed by atoms with Crippen LogP contribution in [0.4, 0.5) is 5.69 Å². The van der Waals surface area contributed by atoms with E-state index in [1.807, 2.05) is 6.07 Å². The van der Waals surface area contributed by atoms with E-state index in [2.05, 4.69) is 63.4 Å². The van der Waals surface area contributed by atoms with Gasteiger partial charge in [-0.1, -0.05) is 42.5 Å². The third-order valence-corrected chi connectivity index (χ3v) is 5.67. The first kappa shape index (κ1) is 19.1. The van der Waals surface area contributed by atoms with Crippen LogP contribution in [0.2, 0.25) is 0 Å². The van der Waals surface area contributed by atoms with Crippen molar-refractivity contribution in [1.29, 1.82) is 0 Å². The Labute approximate surface area is 171 Å². The number of rotatable bonds is 5. The van der Waals surface area contributed by atoms with E-state index in [0.29, 0.717) is 23.7 Å². The molecule has 3 aromatic rings. The Hall–Kier alpha value is -3.21. The molecule has 1 saturated heterocycles. The van der Waals surface area contributed by atoms with E-state index in [4.69, 9.17) is 0 Å². The lowest BCUT2D eigenvalue weighted by Gasteiger charge is -2.33. The van der Waals surface area contributed by atoms with Gasteiger partial charge in [-0.05, 0) is 48.9 Å². The Balaban J connectivity index is 1.37. The first-order valence-corrected chi connectivity index (χ1v) is 10.1. The predicted octanol–water partition coefficient (Wildman–Crippen LogP) is 4.43. The summed E-state index contributed by atoms with van der Waals surface area (Å²) in [6.45, 7) is 3.69. The fourth-order valence-electron chi connectivity index (χ4n) is 3.97. The monoisotopic (exact) mass is 387 g/mol. The highest BCUT2D eigenvalue weighted by Crippen LogP contribution is 2.28. The largest absolute Gasteiger partial charge is 0.504 e. The average Bonchev–Trinajstić information content (AvgIpc) is 2.77. The standard InChI is InChI=1S/C24H25N3O2/c1-17-24(29)22(16-28)26-23(25-17)15-18-11-13-27(14-12-18)21-9-7-20(8-10-21)19-5-3-2-4-6-19/h2-10,16,18,29H,11-15H2,1H3. The van der Waals surface area contributed by atoms with Crippen LogP contribution in [0.5, 0.6) is 5.75 Å². The number of piperidine rings is 1. The van der Waals surface area contributed by atoms with E-state index in [1.54, 1.807) is 6.92 Å². The molecule has 1 aromatic heterocycles. The quantitative estimate of drug-likeness (QED) is 0.656. The second kappa shape index (κ2) is 8.43. The molecule has 148 valence electrons. The minimum Gasteiger partial charge on any atom is -0.504 e. The molecule has 0 bridgehead atoms. The smallest absolute Gasteiger partial charge is 0.172 e. The molecule has 1 N–H and O–H groups in total. The zero-order valence-electron chi connectivity index (χ0n) is 16.6. The van der Waals surface area contributed by atoms with Crippen LogP contribution in [0.25, 0.3) is 11.1 Å². The van der Waals surface area contributed by atoms with Crippen molar-refractivity contribution < 1.29 is 9.90 Å². The van der Waals surface area contributed by atoms with Crippen molar-refractivity contribution in [2.24, 2.45) is 5.92 Å². The van der Waals surface area contributed by atoms with Crippen molar-refractivity contribution in [1.82, 2.24) is 9.97 Å². The molecule has 4 rings (SSSR count). The predicted molar refractivity (Wildman–Crippen MR) is 114 cm³/mol. The summed E-state index contributed by atoms with van der Waals surface area (Å²) in [6.07, 6.45) is 3.44.